The van der Waals surface area contributed by atoms with E-state index in [9.17, 15) is 8.42 Å². The molecule has 4 nitrogen and oxygen atoms in total. The number of rotatable bonds is 5. The van der Waals surface area contributed by atoms with Crippen LogP contribution in [0.1, 0.15) is 10.4 Å². The highest BCUT2D eigenvalue weighted by molar-refractivity contribution is 7.90. The first-order valence-electron chi connectivity index (χ1n) is 7.58. The van der Waals surface area contributed by atoms with Gasteiger partial charge in [-0.1, -0.05) is 29.8 Å². The fraction of sp³-hybridized carbons (Fsp3) is 0.105. The largest absolute Gasteiger partial charge is 0.497 e. The Hall–Kier alpha value is -2.44. The molecule has 0 aliphatic carbocycles. The SMILES string of the molecule is COc1cccc(-c2csc(C=NS(=O)(=O)c3ccc(C)cc3)c2)c1. The quantitative estimate of drug-likeness (QED) is 0.619. The van der Waals surface area contributed by atoms with E-state index < -0.39 is 10.0 Å². The smallest absolute Gasteiger partial charge is 0.282 e. The topological polar surface area (TPSA) is 55.7 Å². The van der Waals surface area contributed by atoms with Crippen LogP contribution in [0.15, 0.2) is 69.3 Å². The molecule has 0 amide bonds. The molecule has 0 radical (unpaired) electrons. The zero-order chi connectivity index (χ0) is 17.9. The molecule has 0 fully saturated rings. The monoisotopic (exact) mass is 371 g/mol. The van der Waals surface area contributed by atoms with Crippen LogP contribution in [-0.4, -0.2) is 21.7 Å². The third-order valence-corrected chi connectivity index (χ3v) is 5.78. The Morgan fingerprint density at radius 3 is 2.52 bits per heavy atom. The second-order valence-electron chi connectivity index (χ2n) is 5.49. The summed E-state index contributed by atoms with van der Waals surface area (Å²) < 4.78 is 33.6. The number of ether oxygens (including phenoxy) is 1. The highest BCUT2D eigenvalue weighted by Gasteiger charge is 2.11. The molecule has 0 aliphatic rings. The number of hydrogen-bond donors (Lipinski definition) is 0. The van der Waals surface area contributed by atoms with Crippen LogP contribution in [0.25, 0.3) is 11.1 Å². The molecule has 25 heavy (non-hydrogen) atoms. The summed E-state index contributed by atoms with van der Waals surface area (Å²) >= 11 is 1.44. The maximum atomic E-state index is 12.3. The van der Waals surface area contributed by atoms with E-state index in [1.807, 2.05) is 42.6 Å². The van der Waals surface area contributed by atoms with Crippen molar-refractivity contribution >= 4 is 27.6 Å². The molecule has 0 saturated carbocycles. The Labute approximate surface area is 151 Å². The minimum Gasteiger partial charge on any atom is -0.497 e. The predicted octanol–water partition coefficient (Wildman–Crippen LogP) is 4.54. The summed E-state index contributed by atoms with van der Waals surface area (Å²) in [6, 6.07) is 16.3. The molecule has 6 heteroatoms. The summed E-state index contributed by atoms with van der Waals surface area (Å²) in [5.74, 6) is 0.779. The molecule has 1 heterocycles. The summed E-state index contributed by atoms with van der Waals surface area (Å²) in [5, 5.41) is 1.97. The maximum Gasteiger partial charge on any atom is 0.282 e. The lowest BCUT2D eigenvalue weighted by molar-refractivity contribution is 0.415. The van der Waals surface area contributed by atoms with E-state index in [1.54, 1.807) is 31.4 Å². The highest BCUT2D eigenvalue weighted by atomic mass is 32.2. The lowest BCUT2D eigenvalue weighted by atomic mass is 10.1. The molecule has 0 bridgehead atoms. The zero-order valence-corrected chi connectivity index (χ0v) is 15.5. The lowest BCUT2D eigenvalue weighted by Gasteiger charge is -2.01. The third kappa shape index (κ3) is 4.15. The van der Waals surface area contributed by atoms with Crippen LogP contribution in [0.5, 0.6) is 5.75 Å². The second kappa shape index (κ2) is 7.21. The van der Waals surface area contributed by atoms with Crippen LogP contribution in [0.2, 0.25) is 0 Å². The van der Waals surface area contributed by atoms with Crippen molar-refractivity contribution in [2.24, 2.45) is 4.40 Å². The van der Waals surface area contributed by atoms with Crippen LogP contribution < -0.4 is 4.74 Å². The van der Waals surface area contributed by atoms with Gasteiger partial charge >= 0.3 is 0 Å². The van der Waals surface area contributed by atoms with E-state index in [4.69, 9.17) is 4.74 Å². The average molecular weight is 371 g/mol. The Balaban J connectivity index is 1.83. The normalized spacial score (nSPS) is 11.8. The Morgan fingerprint density at radius 1 is 1.04 bits per heavy atom. The van der Waals surface area contributed by atoms with Gasteiger partial charge in [0.15, 0.2) is 0 Å². The molecule has 0 spiro atoms. The Kier molecular flexibility index (Phi) is 5.01. The van der Waals surface area contributed by atoms with Crippen molar-refractivity contribution in [1.82, 2.24) is 0 Å². The third-order valence-electron chi connectivity index (χ3n) is 3.66. The Bertz CT molecular complexity index is 1000. The lowest BCUT2D eigenvalue weighted by Crippen LogP contribution is -1.97. The first kappa shape index (κ1) is 17.4. The molecule has 0 saturated heterocycles. The van der Waals surface area contributed by atoms with Crippen molar-refractivity contribution in [2.75, 3.05) is 7.11 Å². The summed E-state index contributed by atoms with van der Waals surface area (Å²) in [6.07, 6.45) is 1.39. The molecule has 3 rings (SSSR count). The van der Waals surface area contributed by atoms with Crippen molar-refractivity contribution in [3.05, 3.63) is 70.4 Å². The van der Waals surface area contributed by atoms with Gasteiger partial charge in [0.2, 0.25) is 0 Å². The molecule has 3 aromatic rings. The van der Waals surface area contributed by atoms with Crippen molar-refractivity contribution in [3.63, 3.8) is 0 Å². The molecular formula is C19H17NO3S2. The number of nitrogens with zero attached hydrogens (tertiary/aromatic N) is 1. The fourth-order valence-corrected chi connectivity index (χ4v) is 3.96. The Morgan fingerprint density at radius 2 is 1.80 bits per heavy atom. The van der Waals surface area contributed by atoms with Gasteiger partial charge in [0.05, 0.1) is 18.2 Å². The van der Waals surface area contributed by atoms with Gasteiger partial charge in [0, 0.05) is 4.88 Å². The fourth-order valence-electron chi connectivity index (χ4n) is 2.27. The van der Waals surface area contributed by atoms with E-state index in [2.05, 4.69) is 4.40 Å². The van der Waals surface area contributed by atoms with Gasteiger partial charge in [-0.25, -0.2) is 0 Å². The van der Waals surface area contributed by atoms with Crippen LogP contribution in [0.4, 0.5) is 0 Å². The minimum atomic E-state index is -3.69. The summed E-state index contributed by atoms with van der Waals surface area (Å²) in [6.45, 7) is 1.91. The average Bonchev–Trinajstić information content (AvgIpc) is 3.10. The number of aryl methyl sites for hydroxylation is 1. The van der Waals surface area contributed by atoms with Gasteiger partial charge in [-0.2, -0.15) is 12.8 Å². The maximum absolute atomic E-state index is 12.3. The first-order chi connectivity index (χ1) is 12.0. The van der Waals surface area contributed by atoms with E-state index in [0.717, 1.165) is 27.3 Å². The van der Waals surface area contributed by atoms with Crippen molar-refractivity contribution in [3.8, 4) is 16.9 Å². The van der Waals surface area contributed by atoms with Gasteiger partial charge in [-0.3, -0.25) is 0 Å². The van der Waals surface area contributed by atoms with Gasteiger partial charge in [0.1, 0.15) is 5.75 Å². The van der Waals surface area contributed by atoms with Gasteiger partial charge in [0.25, 0.3) is 10.0 Å². The number of thiophene rings is 1. The molecule has 0 N–H and O–H groups in total. The summed E-state index contributed by atoms with van der Waals surface area (Å²) in [4.78, 5) is 0.965. The highest BCUT2D eigenvalue weighted by Crippen LogP contribution is 2.27. The molecule has 2 aromatic carbocycles. The molecular weight excluding hydrogens is 354 g/mol. The van der Waals surface area contributed by atoms with E-state index in [1.165, 1.54) is 17.6 Å². The zero-order valence-electron chi connectivity index (χ0n) is 13.8. The van der Waals surface area contributed by atoms with Gasteiger partial charge in [-0.05, 0) is 53.8 Å². The number of benzene rings is 2. The number of methoxy groups -OCH3 is 1. The summed E-state index contributed by atoms with van der Waals surface area (Å²) in [7, 11) is -2.06. The molecule has 0 atom stereocenters. The van der Waals surface area contributed by atoms with E-state index in [0.29, 0.717) is 0 Å². The van der Waals surface area contributed by atoms with Crippen LogP contribution in [0.3, 0.4) is 0 Å². The van der Waals surface area contributed by atoms with Crippen LogP contribution >= 0.6 is 11.3 Å². The summed E-state index contributed by atoms with van der Waals surface area (Å²) in [5.41, 5.74) is 3.01. The molecule has 128 valence electrons. The predicted molar refractivity (Wildman–Crippen MR) is 102 cm³/mol. The van der Waals surface area contributed by atoms with Crippen molar-refractivity contribution < 1.29 is 13.2 Å². The van der Waals surface area contributed by atoms with Gasteiger partial charge in [-0.15, -0.1) is 11.3 Å². The van der Waals surface area contributed by atoms with E-state index in [-0.39, 0.29) is 4.90 Å². The standard InChI is InChI=1S/C19H17NO3S2/c1-14-6-8-19(9-7-14)25(21,22)20-12-18-11-16(13-24-18)15-4-3-5-17(10-15)23-2/h3-13H,1-2H3. The minimum absolute atomic E-state index is 0.193. The number of hydrogen-bond acceptors (Lipinski definition) is 4. The van der Waals surface area contributed by atoms with Crippen molar-refractivity contribution in [1.29, 1.82) is 0 Å². The molecule has 0 unspecified atom stereocenters. The number of sulfonamides is 1. The van der Waals surface area contributed by atoms with Crippen LogP contribution in [0, 0.1) is 6.92 Å². The van der Waals surface area contributed by atoms with Crippen LogP contribution in [-0.2, 0) is 10.0 Å². The molecule has 1 aromatic heterocycles. The van der Waals surface area contributed by atoms with Crippen molar-refractivity contribution in [2.45, 2.75) is 11.8 Å². The van der Waals surface area contributed by atoms with Gasteiger partial charge < -0.3 is 4.74 Å². The first-order valence-corrected chi connectivity index (χ1v) is 9.90. The molecule has 0 aliphatic heterocycles. The second-order valence-corrected chi connectivity index (χ2v) is 8.07. The van der Waals surface area contributed by atoms with E-state index >= 15 is 0 Å².